The molecule has 0 saturated carbocycles. The van der Waals surface area contributed by atoms with Gasteiger partial charge >= 0.3 is 0 Å². The highest BCUT2D eigenvalue weighted by Gasteiger charge is 2.16. The van der Waals surface area contributed by atoms with Crippen LogP contribution >= 0.6 is 11.6 Å². The maximum Gasteiger partial charge on any atom is 0.145 e. The molecule has 1 heterocycles. The largest absolute Gasteiger partial charge is 0.327 e. The Hall–Kier alpha value is -2.38. The van der Waals surface area contributed by atoms with Gasteiger partial charge in [0.05, 0.1) is 33.3 Å². The summed E-state index contributed by atoms with van der Waals surface area (Å²) in [7, 11) is 1.79. The molecule has 0 radical (unpaired) electrons. The first kappa shape index (κ1) is 12.6. The number of nitriles is 1. The summed E-state index contributed by atoms with van der Waals surface area (Å²) >= 11 is 6.08. The van der Waals surface area contributed by atoms with Gasteiger partial charge in [0, 0.05) is 7.05 Å². The van der Waals surface area contributed by atoms with Crippen LogP contribution in [-0.4, -0.2) is 9.55 Å². The molecule has 3 aromatic rings. The van der Waals surface area contributed by atoms with Crippen LogP contribution in [0.1, 0.15) is 5.56 Å². The molecule has 98 valence electrons. The fourth-order valence-corrected chi connectivity index (χ4v) is 2.45. The molecule has 0 bridgehead atoms. The number of hydrogen-bond donors (Lipinski definition) is 0. The highest BCUT2D eigenvalue weighted by atomic mass is 35.5. The average molecular weight is 286 g/mol. The van der Waals surface area contributed by atoms with E-state index in [-0.39, 0.29) is 5.56 Å². The first-order chi connectivity index (χ1) is 9.61. The topological polar surface area (TPSA) is 41.6 Å². The summed E-state index contributed by atoms with van der Waals surface area (Å²) in [6.45, 7) is 0. The highest BCUT2D eigenvalue weighted by Crippen LogP contribution is 2.31. The molecule has 0 aliphatic carbocycles. The van der Waals surface area contributed by atoms with Crippen LogP contribution in [0.3, 0.4) is 0 Å². The molecule has 0 unspecified atom stereocenters. The molecular formula is C15H9ClFN3. The van der Waals surface area contributed by atoms with E-state index in [1.54, 1.807) is 41.9 Å². The first-order valence-corrected chi connectivity index (χ1v) is 6.30. The molecule has 0 N–H and O–H groups in total. The molecule has 3 rings (SSSR count). The van der Waals surface area contributed by atoms with Crippen molar-refractivity contribution in [3.8, 4) is 17.5 Å². The van der Waals surface area contributed by atoms with Crippen LogP contribution in [0.4, 0.5) is 4.39 Å². The number of fused-ring (bicyclic) bond motifs is 1. The van der Waals surface area contributed by atoms with Crippen LogP contribution in [-0.2, 0) is 7.05 Å². The number of nitrogens with zero attached hydrogens (tertiary/aromatic N) is 3. The van der Waals surface area contributed by atoms with E-state index in [2.05, 4.69) is 11.1 Å². The Bertz CT molecular complexity index is 841. The molecule has 5 heteroatoms. The minimum absolute atomic E-state index is 0.270. The maximum atomic E-state index is 14.0. The lowest BCUT2D eigenvalue weighted by Gasteiger charge is -2.05. The van der Waals surface area contributed by atoms with Gasteiger partial charge in [0.25, 0.3) is 0 Å². The number of rotatable bonds is 1. The van der Waals surface area contributed by atoms with Crippen LogP contribution in [0, 0.1) is 17.1 Å². The second kappa shape index (κ2) is 4.62. The minimum Gasteiger partial charge on any atom is -0.327 e. The molecule has 0 aliphatic heterocycles. The predicted octanol–water partition coefficient (Wildman–Crippen LogP) is 3.90. The molecule has 3 nitrogen and oxygen atoms in total. The fraction of sp³-hybridized carbons (Fsp3) is 0.0667. The zero-order chi connectivity index (χ0) is 14.3. The van der Waals surface area contributed by atoms with E-state index >= 15 is 0 Å². The second-order valence-corrected chi connectivity index (χ2v) is 4.81. The summed E-state index contributed by atoms with van der Waals surface area (Å²) in [6, 6.07) is 11.8. The van der Waals surface area contributed by atoms with Gasteiger partial charge in [-0.1, -0.05) is 17.7 Å². The Morgan fingerprint density at radius 3 is 2.80 bits per heavy atom. The van der Waals surface area contributed by atoms with Gasteiger partial charge in [0.15, 0.2) is 0 Å². The summed E-state index contributed by atoms with van der Waals surface area (Å²) in [5.74, 6) is 0.0228. The normalized spacial score (nSPS) is 10.7. The zero-order valence-electron chi connectivity index (χ0n) is 10.6. The maximum absolute atomic E-state index is 14.0. The zero-order valence-corrected chi connectivity index (χ0v) is 11.3. The van der Waals surface area contributed by atoms with Crippen LogP contribution in [0.25, 0.3) is 22.4 Å². The van der Waals surface area contributed by atoms with Gasteiger partial charge < -0.3 is 4.57 Å². The molecule has 0 saturated heterocycles. The quantitative estimate of drug-likeness (QED) is 0.680. The Morgan fingerprint density at radius 2 is 2.10 bits per heavy atom. The van der Waals surface area contributed by atoms with E-state index in [0.29, 0.717) is 21.9 Å². The van der Waals surface area contributed by atoms with Crippen LogP contribution in [0.5, 0.6) is 0 Å². The van der Waals surface area contributed by atoms with Crippen molar-refractivity contribution in [1.29, 1.82) is 5.26 Å². The van der Waals surface area contributed by atoms with E-state index < -0.39 is 5.82 Å². The lowest BCUT2D eigenvalue weighted by atomic mass is 10.2. The third-order valence-electron chi connectivity index (χ3n) is 3.20. The molecule has 20 heavy (non-hydrogen) atoms. The monoisotopic (exact) mass is 285 g/mol. The molecule has 0 atom stereocenters. The van der Waals surface area contributed by atoms with E-state index in [0.717, 1.165) is 5.52 Å². The lowest BCUT2D eigenvalue weighted by Crippen LogP contribution is -1.95. The number of halogens is 2. The number of benzene rings is 2. The highest BCUT2D eigenvalue weighted by molar-refractivity contribution is 6.33. The summed E-state index contributed by atoms with van der Waals surface area (Å²) in [6.07, 6.45) is 0. The lowest BCUT2D eigenvalue weighted by molar-refractivity contribution is 0.629. The predicted molar refractivity (Wildman–Crippen MR) is 75.8 cm³/mol. The molecule has 0 spiro atoms. The minimum atomic E-state index is -0.420. The van der Waals surface area contributed by atoms with Crippen LogP contribution in [0.15, 0.2) is 36.4 Å². The van der Waals surface area contributed by atoms with Crippen molar-refractivity contribution in [3.05, 3.63) is 52.8 Å². The molecular weight excluding hydrogens is 277 g/mol. The molecule has 2 aromatic carbocycles. The number of imidazole rings is 1. The summed E-state index contributed by atoms with van der Waals surface area (Å²) in [5.41, 5.74) is 2.24. The van der Waals surface area contributed by atoms with Crippen molar-refractivity contribution >= 4 is 22.6 Å². The van der Waals surface area contributed by atoms with Crippen molar-refractivity contribution in [1.82, 2.24) is 9.55 Å². The summed E-state index contributed by atoms with van der Waals surface area (Å²) in [5, 5.41) is 9.22. The molecule has 0 amide bonds. The first-order valence-electron chi connectivity index (χ1n) is 5.93. The third-order valence-corrected chi connectivity index (χ3v) is 3.51. The van der Waals surface area contributed by atoms with E-state index in [4.69, 9.17) is 16.9 Å². The fourth-order valence-electron chi connectivity index (χ4n) is 2.20. The summed E-state index contributed by atoms with van der Waals surface area (Å²) in [4.78, 5) is 4.40. The third kappa shape index (κ3) is 1.84. The number of hydrogen-bond acceptors (Lipinski definition) is 2. The Labute approximate surface area is 119 Å². The average Bonchev–Trinajstić information content (AvgIpc) is 2.75. The van der Waals surface area contributed by atoms with Gasteiger partial charge in [-0.2, -0.15) is 5.26 Å². The van der Waals surface area contributed by atoms with Crippen molar-refractivity contribution in [2.45, 2.75) is 0 Å². The van der Waals surface area contributed by atoms with Crippen LogP contribution < -0.4 is 0 Å². The van der Waals surface area contributed by atoms with E-state index in [1.807, 2.05) is 0 Å². The van der Waals surface area contributed by atoms with Gasteiger partial charge in [-0.05, 0) is 30.3 Å². The molecule has 0 fully saturated rings. The Kier molecular flexibility index (Phi) is 2.92. The standard InChI is InChI=1S/C15H9ClFN3/c1-20-13-6-5-9(8-18)7-12(13)19-15(20)14-10(16)3-2-4-11(14)17/h2-7H,1H3. The number of aryl methyl sites for hydroxylation is 1. The number of aromatic nitrogens is 2. The molecule has 0 aliphatic rings. The smallest absolute Gasteiger partial charge is 0.145 e. The van der Waals surface area contributed by atoms with Crippen LogP contribution in [0.2, 0.25) is 5.02 Å². The van der Waals surface area contributed by atoms with Gasteiger partial charge in [0.1, 0.15) is 11.6 Å². The van der Waals surface area contributed by atoms with Gasteiger partial charge in [-0.3, -0.25) is 0 Å². The van der Waals surface area contributed by atoms with Gasteiger partial charge in [0.2, 0.25) is 0 Å². The van der Waals surface area contributed by atoms with Gasteiger partial charge in [-0.25, -0.2) is 9.37 Å². The molecule has 1 aromatic heterocycles. The van der Waals surface area contributed by atoms with Crippen molar-refractivity contribution < 1.29 is 4.39 Å². The SMILES string of the molecule is Cn1c(-c2c(F)cccc2Cl)nc2cc(C#N)ccc21. The van der Waals surface area contributed by atoms with E-state index in [9.17, 15) is 4.39 Å². The summed E-state index contributed by atoms with van der Waals surface area (Å²) < 4.78 is 15.8. The second-order valence-electron chi connectivity index (χ2n) is 4.41. The van der Waals surface area contributed by atoms with Gasteiger partial charge in [-0.15, -0.1) is 0 Å². The van der Waals surface area contributed by atoms with E-state index in [1.165, 1.54) is 6.07 Å². The van der Waals surface area contributed by atoms with Crippen molar-refractivity contribution in [2.75, 3.05) is 0 Å². The Morgan fingerprint density at radius 1 is 1.30 bits per heavy atom. The van der Waals surface area contributed by atoms with Crippen molar-refractivity contribution in [2.24, 2.45) is 7.05 Å². The van der Waals surface area contributed by atoms with Crippen molar-refractivity contribution in [3.63, 3.8) is 0 Å². The Balaban J connectivity index is 2.33.